The number of carbonyl (C=O) groups excluding carboxylic acids is 2. The maximum atomic E-state index is 12.7. The average Bonchev–Trinajstić information content (AvgIpc) is 2.32. The van der Waals surface area contributed by atoms with Crippen LogP contribution in [0.15, 0.2) is 18.3 Å². The first-order valence-electron chi connectivity index (χ1n) is 4.87. The molecule has 1 rings (SSSR count). The molecule has 8 heteroatoms. The van der Waals surface area contributed by atoms with Gasteiger partial charge in [-0.25, -0.2) is 9.78 Å². The molecule has 0 fully saturated rings. The molecular formula is C11H8ClFLiNO4. The number of hydrogen-bond donors (Lipinski definition) is 0. The Balaban J connectivity index is 0.00000324. The van der Waals surface area contributed by atoms with E-state index in [-0.39, 0.29) is 36.1 Å². The van der Waals surface area contributed by atoms with Crippen molar-refractivity contribution in [3.8, 4) is 0 Å². The van der Waals surface area contributed by atoms with Crippen molar-refractivity contribution < 1.29 is 42.7 Å². The van der Waals surface area contributed by atoms with Crippen molar-refractivity contribution >= 4 is 29.1 Å². The Morgan fingerprint density at radius 3 is 2.74 bits per heavy atom. The summed E-state index contributed by atoms with van der Waals surface area (Å²) in [5.74, 6) is -3.96. The summed E-state index contributed by atoms with van der Waals surface area (Å²) in [7, 11) is 0. The first-order valence-corrected chi connectivity index (χ1v) is 5.24. The quantitative estimate of drug-likeness (QED) is 0.155. The smallest absolute Gasteiger partial charge is 0.872 e. The maximum Gasteiger partial charge on any atom is 1.00 e. The minimum absolute atomic E-state index is 0. The molecule has 0 aliphatic carbocycles. The van der Waals surface area contributed by atoms with Gasteiger partial charge in [0, 0.05) is 6.20 Å². The van der Waals surface area contributed by atoms with Crippen molar-refractivity contribution in [1.82, 2.24) is 4.98 Å². The normalized spacial score (nSPS) is 10.6. The van der Waals surface area contributed by atoms with Crippen LogP contribution in [0.5, 0.6) is 0 Å². The molecule has 19 heavy (non-hydrogen) atoms. The third-order valence-corrected chi connectivity index (χ3v) is 2.08. The second-order valence-electron chi connectivity index (χ2n) is 3.09. The molecule has 1 aromatic heterocycles. The van der Waals surface area contributed by atoms with Crippen molar-refractivity contribution in [2.75, 3.05) is 6.61 Å². The topological polar surface area (TPSA) is 79.3 Å². The molecule has 0 bridgehead atoms. The number of ether oxygens (including phenoxy) is 1. The van der Waals surface area contributed by atoms with Crippen molar-refractivity contribution in [2.45, 2.75) is 6.92 Å². The molecule has 0 amide bonds. The Hall–Kier alpha value is -1.35. The van der Waals surface area contributed by atoms with Crippen LogP contribution in [0.25, 0.3) is 5.76 Å². The van der Waals surface area contributed by atoms with Gasteiger partial charge in [-0.05, 0) is 24.6 Å². The summed E-state index contributed by atoms with van der Waals surface area (Å²) >= 11 is 5.43. The molecule has 1 heterocycles. The van der Waals surface area contributed by atoms with E-state index in [1.54, 1.807) is 0 Å². The Kier molecular flexibility index (Phi) is 7.38. The van der Waals surface area contributed by atoms with E-state index in [9.17, 15) is 19.1 Å². The number of hydrogen-bond acceptors (Lipinski definition) is 5. The first kappa shape index (κ1) is 17.6. The Labute approximate surface area is 125 Å². The van der Waals surface area contributed by atoms with Gasteiger partial charge >= 0.3 is 24.8 Å². The predicted octanol–water partition coefficient (Wildman–Crippen LogP) is -2.29. The number of aromatic nitrogens is 1. The van der Waals surface area contributed by atoms with Crippen molar-refractivity contribution in [3.63, 3.8) is 0 Å². The molecule has 96 valence electrons. The molecule has 0 saturated heterocycles. The van der Waals surface area contributed by atoms with E-state index in [0.29, 0.717) is 6.08 Å². The zero-order valence-electron chi connectivity index (χ0n) is 10.3. The molecule has 0 aliphatic rings. The molecule has 0 radical (unpaired) electrons. The number of nitrogens with zero attached hydrogens (tertiary/aromatic N) is 1. The summed E-state index contributed by atoms with van der Waals surface area (Å²) in [6.07, 6.45) is 1.46. The second-order valence-corrected chi connectivity index (χ2v) is 3.50. The number of pyridine rings is 1. The van der Waals surface area contributed by atoms with E-state index in [1.165, 1.54) is 6.92 Å². The molecular weight excluding hydrogens is 272 g/mol. The van der Waals surface area contributed by atoms with Gasteiger partial charge in [-0.2, -0.15) is 4.39 Å². The third-order valence-electron chi connectivity index (χ3n) is 1.82. The van der Waals surface area contributed by atoms with Crippen LogP contribution in [-0.4, -0.2) is 23.3 Å². The molecule has 5 nitrogen and oxygen atoms in total. The molecule has 0 aromatic carbocycles. The molecule has 0 N–H and O–H groups in total. The number of halogens is 2. The molecule has 1 aromatic rings. The fourth-order valence-electron chi connectivity index (χ4n) is 1.02. The van der Waals surface area contributed by atoms with Crippen LogP contribution in [0.4, 0.5) is 4.39 Å². The maximum absolute atomic E-state index is 12.7. The third kappa shape index (κ3) is 5.03. The van der Waals surface area contributed by atoms with Gasteiger partial charge in [0.2, 0.25) is 5.95 Å². The van der Waals surface area contributed by atoms with Gasteiger partial charge in [0.1, 0.15) is 0 Å². The molecule has 0 unspecified atom stereocenters. The van der Waals surface area contributed by atoms with E-state index < -0.39 is 23.5 Å². The minimum atomic E-state index is -1.13. The fraction of sp³-hybridized carbons (Fsp3) is 0.182. The van der Waals surface area contributed by atoms with Crippen molar-refractivity contribution in [3.05, 3.63) is 34.9 Å². The Morgan fingerprint density at radius 1 is 1.58 bits per heavy atom. The summed E-state index contributed by atoms with van der Waals surface area (Å²) in [6, 6.07) is 1.02. The summed E-state index contributed by atoms with van der Waals surface area (Å²) in [6.45, 7) is 1.55. The number of esters is 1. The van der Waals surface area contributed by atoms with Crippen LogP contribution in [0.3, 0.4) is 0 Å². The summed E-state index contributed by atoms with van der Waals surface area (Å²) in [4.78, 5) is 25.4. The van der Waals surface area contributed by atoms with Crippen LogP contribution in [-0.2, 0) is 14.3 Å². The van der Waals surface area contributed by atoms with E-state index in [1.807, 2.05) is 0 Å². The van der Waals surface area contributed by atoms with Crippen LogP contribution in [0, 0.1) is 5.95 Å². The molecule has 0 saturated carbocycles. The number of carbonyl (C=O) groups is 2. The van der Waals surface area contributed by atoms with Crippen LogP contribution < -0.4 is 24.0 Å². The summed E-state index contributed by atoms with van der Waals surface area (Å²) in [5, 5.41) is 11.2. The average molecular weight is 280 g/mol. The largest absolute Gasteiger partial charge is 1.00 e. The SMILES string of the molecule is CCOC(=O)C(=O)/C=C(\[O-])c1cnc(F)c(Cl)c1.[Li+]. The van der Waals surface area contributed by atoms with Gasteiger partial charge in [-0.15, -0.1) is 0 Å². The standard InChI is InChI=1S/C11H9ClFNO4.Li/c1-2-18-11(17)9(16)4-8(15)6-3-7(12)10(13)14-5-6;/h3-5,15H,2H2,1H3;/q;+1/p-1/b8-4-;. The monoisotopic (exact) mass is 279 g/mol. The zero-order valence-corrected chi connectivity index (χ0v) is 11.0. The van der Waals surface area contributed by atoms with Crippen molar-refractivity contribution in [1.29, 1.82) is 0 Å². The molecule has 0 atom stereocenters. The van der Waals surface area contributed by atoms with E-state index in [4.69, 9.17) is 11.6 Å². The Morgan fingerprint density at radius 2 is 2.21 bits per heavy atom. The van der Waals surface area contributed by atoms with Gasteiger partial charge in [0.05, 0.1) is 11.6 Å². The molecule has 0 spiro atoms. The van der Waals surface area contributed by atoms with E-state index in [0.717, 1.165) is 12.3 Å². The Bertz CT molecular complexity index is 521. The van der Waals surface area contributed by atoms with Crippen LogP contribution in [0.2, 0.25) is 5.02 Å². The number of ketones is 1. The fourth-order valence-corrected chi connectivity index (χ4v) is 1.19. The number of rotatable bonds is 4. The predicted molar refractivity (Wildman–Crippen MR) is 58.8 cm³/mol. The van der Waals surface area contributed by atoms with Gasteiger partial charge in [0.25, 0.3) is 5.78 Å². The van der Waals surface area contributed by atoms with Gasteiger partial charge < -0.3 is 9.84 Å². The van der Waals surface area contributed by atoms with Gasteiger partial charge in [0.15, 0.2) is 0 Å². The molecule has 0 aliphatic heterocycles. The first-order chi connectivity index (χ1) is 8.45. The summed E-state index contributed by atoms with van der Waals surface area (Å²) in [5.41, 5.74) is -0.0981. The zero-order chi connectivity index (χ0) is 13.7. The minimum Gasteiger partial charge on any atom is -0.872 e. The van der Waals surface area contributed by atoms with Crippen molar-refractivity contribution in [2.24, 2.45) is 0 Å². The second kappa shape index (κ2) is 7.95. The van der Waals surface area contributed by atoms with Gasteiger partial charge in [-0.3, -0.25) is 4.79 Å². The van der Waals surface area contributed by atoms with Crippen LogP contribution in [0.1, 0.15) is 12.5 Å². The van der Waals surface area contributed by atoms with Gasteiger partial charge in [-0.1, -0.05) is 17.4 Å². The summed E-state index contributed by atoms with van der Waals surface area (Å²) < 4.78 is 17.2. The van der Waals surface area contributed by atoms with E-state index >= 15 is 0 Å². The van der Waals surface area contributed by atoms with E-state index in [2.05, 4.69) is 9.72 Å². The van der Waals surface area contributed by atoms with Crippen LogP contribution >= 0.6 is 11.6 Å².